The first-order chi connectivity index (χ1) is 12.5. The van der Waals surface area contributed by atoms with Crippen molar-refractivity contribution in [1.29, 1.82) is 0 Å². The van der Waals surface area contributed by atoms with E-state index >= 15 is 0 Å². The van der Waals surface area contributed by atoms with Crippen LogP contribution in [0.4, 0.5) is 0 Å². The van der Waals surface area contributed by atoms with E-state index in [0.29, 0.717) is 23.6 Å². The standard InChI is InChI=1S/C19H29N5O2/c1-14-15(19(26)22(2)3)12-20-18(21-14)16-8-4-5-11-24(16)17(25)13-23-9-6-7-10-23/h12,16H,4-11,13H2,1-3H3. The molecule has 2 aliphatic heterocycles. The molecule has 0 N–H and O–H groups in total. The second-order valence-corrected chi connectivity index (χ2v) is 7.51. The molecule has 3 heterocycles. The Balaban J connectivity index is 1.77. The minimum absolute atomic E-state index is 0.0824. The lowest BCUT2D eigenvalue weighted by Gasteiger charge is -2.36. The Hall–Kier alpha value is -2.02. The third-order valence-corrected chi connectivity index (χ3v) is 5.31. The maximum Gasteiger partial charge on any atom is 0.256 e. The highest BCUT2D eigenvalue weighted by atomic mass is 16.2. The van der Waals surface area contributed by atoms with Crippen molar-refractivity contribution in [3.05, 3.63) is 23.3 Å². The topological polar surface area (TPSA) is 69.6 Å². The van der Waals surface area contributed by atoms with E-state index in [-0.39, 0.29) is 17.9 Å². The lowest BCUT2D eigenvalue weighted by molar-refractivity contribution is -0.136. The zero-order valence-electron chi connectivity index (χ0n) is 16.1. The van der Waals surface area contributed by atoms with Crippen molar-refractivity contribution in [3.63, 3.8) is 0 Å². The van der Waals surface area contributed by atoms with Gasteiger partial charge in [0.2, 0.25) is 5.91 Å². The number of carbonyl (C=O) groups is 2. The van der Waals surface area contributed by atoms with Crippen LogP contribution in [0.3, 0.4) is 0 Å². The van der Waals surface area contributed by atoms with Crippen LogP contribution in [-0.2, 0) is 4.79 Å². The van der Waals surface area contributed by atoms with Gasteiger partial charge < -0.3 is 9.80 Å². The van der Waals surface area contributed by atoms with Gasteiger partial charge in [0.1, 0.15) is 0 Å². The number of amides is 2. The minimum Gasteiger partial charge on any atom is -0.345 e. The first-order valence-electron chi connectivity index (χ1n) is 9.54. The van der Waals surface area contributed by atoms with E-state index in [1.807, 2.05) is 11.8 Å². The molecule has 7 heteroatoms. The van der Waals surface area contributed by atoms with Gasteiger partial charge in [0, 0.05) is 26.8 Å². The van der Waals surface area contributed by atoms with Gasteiger partial charge in [-0.25, -0.2) is 9.97 Å². The molecule has 3 rings (SSSR count). The molecular formula is C19H29N5O2. The second-order valence-electron chi connectivity index (χ2n) is 7.51. The number of hydrogen-bond donors (Lipinski definition) is 0. The minimum atomic E-state index is -0.0975. The third kappa shape index (κ3) is 4.03. The molecule has 0 spiro atoms. The zero-order valence-corrected chi connectivity index (χ0v) is 16.1. The molecule has 1 aromatic rings. The number of likely N-dealkylation sites (tertiary alicyclic amines) is 2. The predicted octanol–water partition coefficient (Wildman–Crippen LogP) is 1.64. The SMILES string of the molecule is Cc1nc(C2CCCCN2C(=O)CN2CCCC2)ncc1C(=O)N(C)C. The van der Waals surface area contributed by atoms with Crippen molar-refractivity contribution in [2.24, 2.45) is 0 Å². The molecule has 7 nitrogen and oxygen atoms in total. The smallest absolute Gasteiger partial charge is 0.256 e. The number of carbonyl (C=O) groups excluding carboxylic acids is 2. The van der Waals surface area contributed by atoms with Crippen molar-refractivity contribution >= 4 is 11.8 Å². The van der Waals surface area contributed by atoms with E-state index in [1.165, 1.54) is 17.7 Å². The van der Waals surface area contributed by atoms with Crippen LogP contribution >= 0.6 is 0 Å². The Morgan fingerprint density at radius 3 is 2.50 bits per heavy atom. The summed E-state index contributed by atoms with van der Waals surface area (Å²) >= 11 is 0. The Labute approximate surface area is 155 Å². The predicted molar refractivity (Wildman–Crippen MR) is 98.8 cm³/mol. The van der Waals surface area contributed by atoms with E-state index in [1.54, 1.807) is 20.3 Å². The molecule has 2 saturated heterocycles. The normalized spacial score (nSPS) is 21.0. The van der Waals surface area contributed by atoms with Gasteiger partial charge in [-0.3, -0.25) is 14.5 Å². The average molecular weight is 359 g/mol. The zero-order chi connectivity index (χ0) is 18.7. The Bertz CT molecular complexity index is 670. The van der Waals surface area contributed by atoms with E-state index in [2.05, 4.69) is 14.9 Å². The molecule has 0 aliphatic carbocycles. The van der Waals surface area contributed by atoms with Crippen LogP contribution in [-0.4, -0.2) is 76.8 Å². The fourth-order valence-electron chi connectivity index (χ4n) is 3.82. The first-order valence-corrected chi connectivity index (χ1v) is 9.54. The van der Waals surface area contributed by atoms with Crippen LogP contribution < -0.4 is 0 Å². The maximum absolute atomic E-state index is 12.9. The van der Waals surface area contributed by atoms with Gasteiger partial charge in [0.25, 0.3) is 5.91 Å². The van der Waals surface area contributed by atoms with Crippen LogP contribution in [0.2, 0.25) is 0 Å². The quantitative estimate of drug-likeness (QED) is 0.817. The third-order valence-electron chi connectivity index (χ3n) is 5.31. The monoisotopic (exact) mass is 359 g/mol. The number of aryl methyl sites for hydroxylation is 1. The van der Waals surface area contributed by atoms with Crippen molar-refractivity contribution in [1.82, 2.24) is 24.7 Å². The van der Waals surface area contributed by atoms with Crippen molar-refractivity contribution in [3.8, 4) is 0 Å². The number of aromatic nitrogens is 2. The molecule has 1 atom stereocenters. The molecule has 0 bridgehead atoms. The summed E-state index contributed by atoms with van der Waals surface area (Å²) in [5.41, 5.74) is 1.19. The Kier molecular flexibility index (Phi) is 5.86. The van der Waals surface area contributed by atoms with E-state index < -0.39 is 0 Å². The molecule has 1 aromatic heterocycles. The highest BCUT2D eigenvalue weighted by molar-refractivity contribution is 5.94. The van der Waals surface area contributed by atoms with Crippen molar-refractivity contribution < 1.29 is 9.59 Å². The fraction of sp³-hybridized carbons (Fsp3) is 0.684. The fourth-order valence-corrected chi connectivity index (χ4v) is 3.82. The van der Waals surface area contributed by atoms with E-state index in [0.717, 1.165) is 38.9 Å². The van der Waals surface area contributed by atoms with Gasteiger partial charge in [-0.05, 0) is 52.1 Å². The molecule has 2 amide bonds. The Morgan fingerprint density at radius 1 is 1.15 bits per heavy atom. The molecule has 0 aromatic carbocycles. The van der Waals surface area contributed by atoms with Gasteiger partial charge >= 0.3 is 0 Å². The molecular weight excluding hydrogens is 330 g/mol. The van der Waals surface area contributed by atoms with E-state index in [4.69, 9.17) is 0 Å². The van der Waals surface area contributed by atoms with Gasteiger partial charge in [-0.1, -0.05) is 0 Å². The van der Waals surface area contributed by atoms with Gasteiger partial charge in [-0.2, -0.15) is 0 Å². The van der Waals surface area contributed by atoms with Crippen molar-refractivity contribution in [2.75, 3.05) is 40.3 Å². The van der Waals surface area contributed by atoms with Crippen molar-refractivity contribution in [2.45, 2.75) is 45.1 Å². The average Bonchev–Trinajstić information content (AvgIpc) is 3.14. The summed E-state index contributed by atoms with van der Waals surface area (Å²) in [5, 5.41) is 0. The van der Waals surface area contributed by atoms with Crippen LogP contribution in [0.5, 0.6) is 0 Å². The van der Waals surface area contributed by atoms with Crippen LogP contribution in [0, 0.1) is 6.92 Å². The van der Waals surface area contributed by atoms with Gasteiger partial charge in [-0.15, -0.1) is 0 Å². The molecule has 2 fully saturated rings. The van der Waals surface area contributed by atoms with Gasteiger partial charge in [0.15, 0.2) is 5.82 Å². The van der Waals surface area contributed by atoms with Gasteiger partial charge in [0.05, 0.1) is 23.8 Å². The summed E-state index contributed by atoms with van der Waals surface area (Å²) in [6.07, 6.45) is 6.95. The number of nitrogens with zero attached hydrogens (tertiary/aromatic N) is 5. The Morgan fingerprint density at radius 2 is 1.85 bits per heavy atom. The summed E-state index contributed by atoms with van der Waals surface area (Å²) < 4.78 is 0. The molecule has 26 heavy (non-hydrogen) atoms. The highest BCUT2D eigenvalue weighted by Gasteiger charge is 2.31. The second kappa shape index (κ2) is 8.12. The highest BCUT2D eigenvalue weighted by Crippen LogP contribution is 2.29. The summed E-state index contributed by atoms with van der Waals surface area (Å²) in [6.45, 7) is 5.12. The largest absolute Gasteiger partial charge is 0.345 e. The van der Waals surface area contributed by atoms with E-state index in [9.17, 15) is 9.59 Å². The van der Waals surface area contributed by atoms with Crippen LogP contribution in [0.1, 0.15) is 60.0 Å². The van der Waals surface area contributed by atoms with Crippen LogP contribution in [0.25, 0.3) is 0 Å². The molecule has 0 radical (unpaired) electrons. The molecule has 0 saturated carbocycles. The molecule has 1 unspecified atom stereocenters. The molecule has 2 aliphatic rings. The first kappa shape index (κ1) is 18.8. The summed E-state index contributed by atoms with van der Waals surface area (Å²) in [5.74, 6) is 0.734. The number of piperidine rings is 1. The summed E-state index contributed by atoms with van der Waals surface area (Å²) in [7, 11) is 3.44. The lowest BCUT2D eigenvalue weighted by atomic mass is 10.0. The van der Waals surface area contributed by atoms with Crippen LogP contribution in [0.15, 0.2) is 6.20 Å². The summed E-state index contributed by atoms with van der Waals surface area (Å²) in [4.78, 5) is 39.8. The molecule has 142 valence electrons. The lowest BCUT2D eigenvalue weighted by Crippen LogP contribution is -2.44. The number of rotatable bonds is 4. The maximum atomic E-state index is 12.9. The summed E-state index contributed by atoms with van der Waals surface area (Å²) in [6, 6.07) is -0.0824. The number of hydrogen-bond acceptors (Lipinski definition) is 5.